The van der Waals surface area contributed by atoms with Crippen LogP contribution in [0.4, 0.5) is 11.4 Å². The van der Waals surface area contributed by atoms with Gasteiger partial charge in [-0.05, 0) is 99.0 Å². The average Bonchev–Trinajstić information content (AvgIpc) is 3.36. The fourth-order valence-corrected chi connectivity index (χ4v) is 7.80. The van der Waals surface area contributed by atoms with Gasteiger partial charge >= 0.3 is 0 Å². The van der Waals surface area contributed by atoms with Crippen molar-refractivity contribution in [1.82, 2.24) is 0 Å². The Labute approximate surface area is 212 Å². The quantitative estimate of drug-likeness (QED) is 0.231. The standard InChI is InChI=1S/C35H29N/c1-22-19-20-35(2)34(22)30-21-26(15-18-31(30)36(35)27-9-4-3-5-10-27)28-16-13-25-12-11-23-7-6-8-24-14-17-29(28)33(25)32(23)24/h3-18,21-22,34H,19-20H2,1-2H3. The fourth-order valence-electron chi connectivity index (χ4n) is 7.80. The summed E-state index contributed by atoms with van der Waals surface area (Å²) in [5.41, 5.74) is 7.03. The van der Waals surface area contributed by atoms with E-state index in [2.05, 4.69) is 122 Å². The zero-order valence-corrected chi connectivity index (χ0v) is 20.8. The molecule has 8 rings (SSSR count). The molecule has 0 amide bonds. The van der Waals surface area contributed by atoms with Crippen LogP contribution in [0, 0.1) is 5.92 Å². The topological polar surface area (TPSA) is 3.24 Å². The van der Waals surface area contributed by atoms with Crippen molar-refractivity contribution in [3.63, 3.8) is 0 Å². The van der Waals surface area contributed by atoms with E-state index in [0.717, 1.165) is 0 Å². The third-order valence-corrected chi connectivity index (χ3v) is 9.31. The summed E-state index contributed by atoms with van der Waals surface area (Å²) in [5, 5.41) is 8.12. The third kappa shape index (κ3) is 2.56. The van der Waals surface area contributed by atoms with Gasteiger partial charge in [-0.1, -0.05) is 85.8 Å². The van der Waals surface area contributed by atoms with Gasteiger partial charge in [-0.25, -0.2) is 0 Å². The molecule has 36 heavy (non-hydrogen) atoms. The van der Waals surface area contributed by atoms with Gasteiger partial charge in [-0.15, -0.1) is 0 Å². The normalized spacial score (nSPS) is 23.1. The molecule has 0 spiro atoms. The van der Waals surface area contributed by atoms with E-state index in [1.807, 2.05) is 0 Å². The van der Waals surface area contributed by atoms with Crippen LogP contribution in [0.15, 0.2) is 103 Å². The van der Waals surface area contributed by atoms with Crippen molar-refractivity contribution in [3.05, 3.63) is 109 Å². The Morgan fingerprint density at radius 3 is 2.25 bits per heavy atom. The molecule has 0 saturated heterocycles. The summed E-state index contributed by atoms with van der Waals surface area (Å²) in [6, 6.07) is 38.8. The number of fused-ring (bicyclic) bond motifs is 3. The monoisotopic (exact) mass is 463 g/mol. The Bertz CT molecular complexity index is 1770. The fraction of sp³-hybridized carbons (Fsp3) is 0.200. The Hall–Kier alpha value is -3.84. The van der Waals surface area contributed by atoms with Crippen molar-refractivity contribution in [2.75, 3.05) is 4.90 Å². The number of hydrogen-bond acceptors (Lipinski definition) is 1. The highest BCUT2D eigenvalue weighted by molar-refractivity contribution is 6.25. The van der Waals surface area contributed by atoms with E-state index in [0.29, 0.717) is 11.8 Å². The summed E-state index contributed by atoms with van der Waals surface area (Å²) in [6.07, 6.45) is 2.52. The molecule has 0 radical (unpaired) electrons. The third-order valence-electron chi connectivity index (χ3n) is 9.31. The minimum Gasteiger partial charge on any atom is -0.335 e. The van der Waals surface area contributed by atoms with Crippen LogP contribution >= 0.6 is 0 Å². The van der Waals surface area contributed by atoms with Crippen LogP contribution in [0.5, 0.6) is 0 Å². The molecule has 1 heterocycles. The molecular formula is C35H29N. The van der Waals surface area contributed by atoms with Crippen LogP contribution in [0.2, 0.25) is 0 Å². The van der Waals surface area contributed by atoms with Gasteiger partial charge in [-0.2, -0.15) is 0 Å². The van der Waals surface area contributed by atoms with E-state index in [4.69, 9.17) is 0 Å². The Morgan fingerprint density at radius 1 is 0.722 bits per heavy atom. The van der Waals surface area contributed by atoms with Crippen molar-refractivity contribution in [1.29, 1.82) is 0 Å². The molecule has 1 saturated carbocycles. The SMILES string of the molecule is CC1CCC2(C)C1c1cc(-c3ccc4ccc5cccc6ccc3c4c56)ccc1N2c1ccccc1. The molecule has 1 fully saturated rings. The van der Waals surface area contributed by atoms with Crippen LogP contribution in [-0.2, 0) is 0 Å². The number of hydrogen-bond donors (Lipinski definition) is 0. The minimum absolute atomic E-state index is 0.129. The van der Waals surface area contributed by atoms with Crippen LogP contribution in [0.1, 0.15) is 38.2 Å². The maximum Gasteiger partial charge on any atom is 0.0495 e. The smallest absolute Gasteiger partial charge is 0.0495 e. The summed E-state index contributed by atoms with van der Waals surface area (Å²) in [5.74, 6) is 1.23. The van der Waals surface area contributed by atoms with Crippen molar-refractivity contribution in [2.24, 2.45) is 5.92 Å². The second-order valence-corrected chi connectivity index (χ2v) is 11.3. The molecule has 3 atom stereocenters. The molecule has 1 aliphatic heterocycles. The zero-order valence-electron chi connectivity index (χ0n) is 20.8. The molecular weight excluding hydrogens is 434 g/mol. The lowest BCUT2D eigenvalue weighted by Gasteiger charge is -2.38. The van der Waals surface area contributed by atoms with E-state index in [1.165, 1.54) is 73.2 Å². The maximum absolute atomic E-state index is 2.64. The number of nitrogens with zero attached hydrogens (tertiary/aromatic N) is 1. The summed E-state index contributed by atoms with van der Waals surface area (Å²) < 4.78 is 0. The van der Waals surface area contributed by atoms with Gasteiger partial charge in [0.15, 0.2) is 0 Å². The lowest BCUT2D eigenvalue weighted by atomic mass is 9.81. The number of para-hydroxylation sites is 1. The van der Waals surface area contributed by atoms with Gasteiger partial charge in [0, 0.05) is 22.8 Å². The first-order valence-electron chi connectivity index (χ1n) is 13.3. The van der Waals surface area contributed by atoms with Crippen LogP contribution in [0.3, 0.4) is 0 Å². The first kappa shape index (κ1) is 20.4. The summed E-state index contributed by atoms with van der Waals surface area (Å²) in [6.45, 7) is 4.95. The van der Waals surface area contributed by atoms with E-state index in [1.54, 1.807) is 0 Å². The van der Waals surface area contributed by atoms with Crippen LogP contribution < -0.4 is 4.90 Å². The van der Waals surface area contributed by atoms with Gasteiger partial charge < -0.3 is 4.90 Å². The molecule has 0 bridgehead atoms. The predicted octanol–water partition coefficient (Wildman–Crippen LogP) is 9.67. The van der Waals surface area contributed by atoms with Gasteiger partial charge in [0.05, 0.1) is 0 Å². The second-order valence-electron chi connectivity index (χ2n) is 11.3. The van der Waals surface area contributed by atoms with E-state index in [-0.39, 0.29) is 5.54 Å². The summed E-state index contributed by atoms with van der Waals surface area (Å²) in [4.78, 5) is 2.64. The van der Waals surface area contributed by atoms with Crippen molar-refractivity contribution >= 4 is 43.7 Å². The van der Waals surface area contributed by atoms with Crippen molar-refractivity contribution in [3.8, 4) is 11.1 Å². The highest BCUT2D eigenvalue weighted by atomic mass is 15.2. The Morgan fingerprint density at radius 2 is 1.44 bits per heavy atom. The molecule has 0 N–H and O–H groups in total. The first-order valence-corrected chi connectivity index (χ1v) is 13.3. The van der Waals surface area contributed by atoms with Gasteiger partial charge in [-0.3, -0.25) is 0 Å². The lowest BCUT2D eigenvalue weighted by molar-refractivity contribution is 0.414. The van der Waals surface area contributed by atoms with E-state index >= 15 is 0 Å². The van der Waals surface area contributed by atoms with Gasteiger partial charge in [0.25, 0.3) is 0 Å². The number of rotatable bonds is 2. The zero-order chi connectivity index (χ0) is 24.0. The Balaban J connectivity index is 1.37. The molecule has 0 aromatic heterocycles. The molecule has 2 aliphatic rings. The molecule has 6 aromatic rings. The molecule has 1 aliphatic carbocycles. The summed E-state index contributed by atoms with van der Waals surface area (Å²) in [7, 11) is 0. The number of benzene rings is 6. The van der Waals surface area contributed by atoms with Crippen LogP contribution in [-0.4, -0.2) is 5.54 Å². The Kier molecular flexibility index (Phi) is 4.02. The van der Waals surface area contributed by atoms with Crippen molar-refractivity contribution in [2.45, 2.75) is 38.1 Å². The molecule has 1 heteroatoms. The van der Waals surface area contributed by atoms with Gasteiger partial charge in [0.2, 0.25) is 0 Å². The molecule has 1 nitrogen and oxygen atoms in total. The average molecular weight is 464 g/mol. The second kappa shape index (κ2) is 7.11. The summed E-state index contributed by atoms with van der Waals surface area (Å²) >= 11 is 0. The predicted molar refractivity (Wildman–Crippen MR) is 154 cm³/mol. The highest BCUT2D eigenvalue weighted by Gasteiger charge is 2.54. The largest absolute Gasteiger partial charge is 0.335 e. The van der Waals surface area contributed by atoms with Crippen molar-refractivity contribution < 1.29 is 0 Å². The minimum atomic E-state index is 0.129. The van der Waals surface area contributed by atoms with Gasteiger partial charge in [0.1, 0.15) is 0 Å². The molecule has 3 unspecified atom stereocenters. The van der Waals surface area contributed by atoms with E-state index < -0.39 is 0 Å². The molecule has 174 valence electrons. The molecule has 6 aromatic carbocycles. The highest BCUT2D eigenvalue weighted by Crippen LogP contribution is 2.61. The van der Waals surface area contributed by atoms with Crippen LogP contribution in [0.25, 0.3) is 43.4 Å². The maximum atomic E-state index is 2.64. The van der Waals surface area contributed by atoms with E-state index in [9.17, 15) is 0 Å². The first-order chi connectivity index (χ1) is 17.6. The number of anilines is 2. The lowest BCUT2D eigenvalue weighted by Crippen LogP contribution is -2.40.